The summed E-state index contributed by atoms with van der Waals surface area (Å²) in [5, 5.41) is 0. The van der Waals surface area contributed by atoms with Gasteiger partial charge in [0, 0.05) is 18.2 Å². The summed E-state index contributed by atoms with van der Waals surface area (Å²) in [5.41, 5.74) is 7.40. The maximum atomic E-state index is 5.61. The van der Waals surface area contributed by atoms with Crippen LogP contribution in [0.4, 0.5) is 5.69 Å². The molecule has 0 saturated carbocycles. The first kappa shape index (κ1) is 9.47. The van der Waals surface area contributed by atoms with E-state index >= 15 is 0 Å². The molecule has 0 saturated heterocycles. The van der Waals surface area contributed by atoms with Gasteiger partial charge in [-0.2, -0.15) is 0 Å². The van der Waals surface area contributed by atoms with Crippen molar-refractivity contribution in [2.45, 2.75) is 13.3 Å². The van der Waals surface area contributed by atoms with Crippen molar-refractivity contribution < 1.29 is 4.74 Å². The van der Waals surface area contributed by atoms with Gasteiger partial charge in [0.05, 0.1) is 6.61 Å². The fraction of sp³-hybridized carbons (Fsp3) is 0.273. The first-order valence-electron chi connectivity index (χ1n) is 4.16. The Bertz CT molecular complexity index is 325. The molecule has 0 radical (unpaired) electrons. The Morgan fingerprint density at radius 1 is 1.54 bits per heavy atom. The zero-order valence-electron chi connectivity index (χ0n) is 7.71. The van der Waals surface area contributed by atoms with Gasteiger partial charge in [0.15, 0.2) is 0 Å². The summed E-state index contributed by atoms with van der Waals surface area (Å²) in [6.45, 7) is 2.52. The summed E-state index contributed by atoms with van der Waals surface area (Å²) >= 11 is 0. The van der Waals surface area contributed by atoms with Gasteiger partial charge in [-0.05, 0) is 18.6 Å². The molecule has 68 valence electrons. The molecule has 0 spiro atoms. The highest BCUT2D eigenvalue weighted by Crippen LogP contribution is 2.20. The zero-order chi connectivity index (χ0) is 9.68. The maximum absolute atomic E-state index is 5.61. The molecule has 1 rings (SSSR count). The quantitative estimate of drug-likeness (QED) is 0.433. The molecule has 0 aromatic heterocycles. The van der Waals surface area contributed by atoms with Crippen molar-refractivity contribution in [3.63, 3.8) is 0 Å². The van der Waals surface area contributed by atoms with E-state index in [0.29, 0.717) is 18.7 Å². The Hall–Kier alpha value is -1.62. The Balaban J connectivity index is 2.65. The maximum Gasteiger partial charge on any atom is 0.124 e. The van der Waals surface area contributed by atoms with Gasteiger partial charge in [-0.1, -0.05) is 6.07 Å². The van der Waals surface area contributed by atoms with Crippen LogP contribution < -0.4 is 10.5 Å². The monoisotopic (exact) mass is 175 g/mol. The standard InChI is InChI=1S/C11H13NO/c1-3-4-7-13-11-8-10(12)6-5-9(11)2/h1,5-6,8H,4,7,12H2,2H3. The fourth-order valence-corrected chi connectivity index (χ4v) is 0.992. The predicted molar refractivity (Wildman–Crippen MR) is 54.5 cm³/mol. The molecule has 0 bridgehead atoms. The third kappa shape index (κ3) is 2.72. The molecule has 0 unspecified atom stereocenters. The zero-order valence-corrected chi connectivity index (χ0v) is 7.71. The second kappa shape index (κ2) is 4.42. The summed E-state index contributed by atoms with van der Waals surface area (Å²) in [5.74, 6) is 3.33. The summed E-state index contributed by atoms with van der Waals surface area (Å²) in [6.07, 6.45) is 5.73. The van der Waals surface area contributed by atoms with Gasteiger partial charge in [-0.25, -0.2) is 0 Å². The largest absolute Gasteiger partial charge is 0.492 e. The molecular weight excluding hydrogens is 162 g/mol. The molecule has 0 amide bonds. The average Bonchev–Trinajstić information content (AvgIpc) is 2.11. The minimum atomic E-state index is 0.542. The molecule has 2 N–H and O–H groups in total. The van der Waals surface area contributed by atoms with Crippen LogP contribution in [0.2, 0.25) is 0 Å². The van der Waals surface area contributed by atoms with Crippen LogP contribution >= 0.6 is 0 Å². The highest BCUT2D eigenvalue weighted by atomic mass is 16.5. The van der Waals surface area contributed by atoms with Gasteiger partial charge in [-0.3, -0.25) is 0 Å². The topological polar surface area (TPSA) is 35.2 Å². The molecule has 13 heavy (non-hydrogen) atoms. The molecule has 0 aliphatic rings. The summed E-state index contributed by atoms with van der Waals surface area (Å²) < 4.78 is 5.44. The molecule has 1 aromatic carbocycles. The van der Waals surface area contributed by atoms with E-state index in [4.69, 9.17) is 16.9 Å². The first-order chi connectivity index (χ1) is 6.24. The number of terminal acetylenes is 1. The average molecular weight is 175 g/mol. The first-order valence-corrected chi connectivity index (χ1v) is 4.16. The van der Waals surface area contributed by atoms with Crippen molar-refractivity contribution >= 4 is 5.69 Å². The van der Waals surface area contributed by atoms with E-state index in [1.807, 2.05) is 25.1 Å². The lowest BCUT2D eigenvalue weighted by molar-refractivity contribution is 0.325. The Labute approximate surface area is 78.7 Å². The number of nitrogen functional groups attached to an aromatic ring is 1. The molecule has 2 heteroatoms. The van der Waals surface area contributed by atoms with Crippen molar-refractivity contribution in [3.8, 4) is 18.1 Å². The lowest BCUT2D eigenvalue weighted by Crippen LogP contribution is -1.98. The number of hydrogen-bond acceptors (Lipinski definition) is 2. The molecule has 0 heterocycles. The van der Waals surface area contributed by atoms with Gasteiger partial charge >= 0.3 is 0 Å². The van der Waals surface area contributed by atoms with Gasteiger partial charge in [0.2, 0.25) is 0 Å². The SMILES string of the molecule is C#CCCOc1cc(N)ccc1C. The van der Waals surface area contributed by atoms with E-state index in [9.17, 15) is 0 Å². The lowest BCUT2D eigenvalue weighted by atomic mass is 10.2. The van der Waals surface area contributed by atoms with Crippen LogP contribution in [0.3, 0.4) is 0 Å². The molecule has 0 aliphatic heterocycles. The second-order valence-electron chi connectivity index (χ2n) is 2.83. The third-order valence-electron chi connectivity index (χ3n) is 1.72. The summed E-state index contributed by atoms with van der Waals surface area (Å²) in [7, 11) is 0. The van der Waals surface area contributed by atoms with Gasteiger partial charge in [0.1, 0.15) is 5.75 Å². The van der Waals surface area contributed by atoms with Crippen molar-refractivity contribution in [2.24, 2.45) is 0 Å². The molecule has 0 aliphatic carbocycles. The normalized spacial score (nSPS) is 9.23. The summed E-state index contributed by atoms with van der Waals surface area (Å²) in [4.78, 5) is 0. The number of hydrogen-bond donors (Lipinski definition) is 1. The van der Waals surface area contributed by atoms with E-state index in [1.165, 1.54) is 0 Å². The second-order valence-corrected chi connectivity index (χ2v) is 2.83. The van der Waals surface area contributed by atoms with E-state index < -0.39 is 0 Å². The number of rotatable bonds is 3. The fourth-order valence-electron chi connectivity index (χ4n) is 0.992. The third-order valence-corrected chi connectivity index (χ3v) is 1.72. The van der Waals surface area contributed by atoms with Crippen LogP contribution in [0.1, 0.15) is 12.0 Å². The van der Waals surface area contributed by atoms with Crippen molar-refractivity contribution in [1.29, 1.82) is 0 Å². The highest BCUT2D eigenvalue weighted by molar-refractivity contribution is 5.47. The highest BCUT2D eigenvalue weighted by Gasteiger charge is 1.98. The van der Waals surface area contributed by atoms with E-state index in [-0.39, 0.29) is 0 Å². The minimum absolute atomic E-state index is 0.542. The summed E-state index contributed by atoms with van der Waals surface area (Å²) in [6, 6.07) is 5.59. The van der Waals surface area contributed by atoms with E-state index in [1.54, 1.807) is 0 Å². The molecule has 0 fully saturated rings. The van der Waals surface area contributed by atoms with Gasteiger partial charge in [0.25, 0.3) is 0 Å². The number of anilines is 1. The van der Waals surface area contributed by atoms with E-state index in [2.05, 4.69) is 5.92 Å². The lowest BCUT2D eigenvalue weighted by Gasteiger charge is -2.07. The number of ether oxygens (including phenoxy) is 1. The van der Waals surface area contributed by atoms with Crippen molar-refractivity contribution in [3.05, 3.63) is 23.8 Å². The van der Waals surface area contributed by atoms with Crippen molar-refractivity contribution in [1.82, 2.24) is 0 Å². The molecule has 0 atom stereocenters. The van der Waals surface area contributed by atoms with Crippen LogP contribution in [0, 0.1) is 19.3 Å². The smallest absolute Gasteiger partial charge is 0.124 e. The Morgan fingerprint density at radius 2 is 2.31 bits per heavy atom. The molecule has 2 nitrogen and oxygen atoms in total. The molecular formula is C11H13NO. The van der Waals surface area contributed by atoms with E-state index in [0.717, 1.165) is 11.3 Å². The van der Waals surface area contributed by atoms with Gasteiger partial charge < -0.3 is 10.5 Å². The Morgan fingerprint density at radius 3 is 3.00 bits per heavy atom. The number of benzene rings is 1. The number of nitrogens with two attached hydrogens (primary N) is 1. The van der Waals surface area contributed by atoms with Crippen LogP contribution in [0.5, 0.6) is 5.75 Å². The minimum Gasteiger partial charge on any atom is -0.492 e. The van der Waals surface area contributed by atoms with Crippen molar-refractivity contribution in [2.75, 3.05) is 12.3 Å². The predicted octanol–water partition coefficient (Wildman–Crippen LogP) is 1.98. The van der Waals surface area contributed by atoms with Crippen LogP contribution in [-0.4, -0.2) is 6.61 Å². The van der Waals surface area contributed by atoms with Crippen LogP contribution in [-0.2, 0) is 0 Å². The molecule has 1 aromatic rings. The van der Waals surface area contributed by atoms with Crippen LogP contribution in [0.15, 0.2) is 18.2 Å². The number of aryl methyl sites for hydroxylation is 1. The van der Waals surface area contributed by atoms with Crippen LogP contribution in [0.25, 0.3) is 0 Å². The van der Waals surface area contributed by atoms with Gasteiger partial charge in [-0.15, -0.1) is 12.3 Å². The Kier molecular flexibility index (Phi) is 3.22.